The van der Waals surface area contributed by atoms with E-state index in [1.807, 2.05) is 12.1 Å². The van der Waals surface area contributed by atoms with Crippen molar-refractivity contribution in [3.63, 3.8) is 0 Å². The molecule has 4 nitrogen and oxygen atoms in total. The van der Waals surface area contributed by atoms with Crippen LogP contribution in [0.5, 0.6) is 0 Å². The van der Waals surface area contributed by atoms with Gasteiger partial charge in [-0.25, -0.2) is 4.90 Å². The van der Waals surface area contributed by atoms with E-state index in [9.17, 15) is 9.59 Å². The van der Waals surface area contributed by atoms with E-state index in [-0.39, 0.29) is 10.1 Å². The molecule has 1 fully saturated rings. The van der Waals surface area contributed by atoms with Crippen LogP contribution in [0.15, 0.2) is 78.4 Å². The maximum Gasteiger partial charge on any atom is 0.298 e. The minimum atomic E-state index is -0.401. The highest BCUT2D eigenvalue weighted by atomic mass is 79.9. The van der Waals surface area contributed by atoms with E-state index in [2.05, 4.69) is 15.9 Å². The first-order chi connectivity index (χ1) is 13.9. The molecule has 0 aliphatic carbocycles. The second kappa shape index (κ2) is 8.62. The maximum atomic E-state index is 12.7. The van der Waals surface area contributed by atoms with Crippen LogP contribution in [-0.2, 0) is 4.79 Å². The zero-order valence-electron chi connectivity index (χ0n) is 14.4. The highest BCUT2D eigenvalue weighted by Gasteiger charge is 2.36. The van der Waals surface area contributed by atoms with Crippen LogP contribution < -0.4 is 4.90 Å². The molecule has 9 heteroatoms. The third-order valence-corrected chi connectivity index (χ3v) is 7.07. The lowest BCUT2D eigenvalue weighted by atomic mass is 10.3. The van der Waals surface area contributed by atoms with Gasteiger partial charge in [-0.05, 0) is 82.3 Å². The third-order valence-electron chi connectivity index (χ3n) is 3.85. The Labute approximate surface area is 193 Å². The lowest BCUT2D eigenvalue weighted by molar-refractivity contribution is -0.113. The number of amides is 2. The van der Waals surface area contributed by atoms with Crippen LogP contribution in [0.3, 0.4) is 0 Å². The molecule has 0 N–H and O–H groups in total. The normalized spacial score (nSPS) is 15.6. The van der Waals surface area contributed by atoms with Gasteiger partial charge < -0.3 is 4.42 Å². The summed E-state index contributed by atoms with van der Waals surface area (Å²) >= 11 is 17.5. The number of halogens is 3. The van der Waals surface area contributed by atoms with Gasteiger partial charge in [0.1, 0.15) is 5.76 Å². The van der Waals surface area contributed by atoms with Crippen molar-refractivity contribution in [1.82, 2.24) is 0 Å². The first kappa shape index (κ1) is 20.6. The van der Waals surface area contributed by atoms with Crippen molar-refractivity contribution in [2.45, 2.75) is 9.99 Å². The zero-order valence-corrected chi connectivity index (χ0v) is 19.1. The lowest BCUT2D eigenvalue weighted by Gasteiger charge is -2.11. The first-order valence-electron chi connectivity index (χ1n) is 8.17. The molecule has 0 saturated carbocycles. The number of carbonyl (C=O) groups excluding carboxylic acids is 2. The molecule has 0 atom stereocenters. The molecule has 29 heavy (non-hydrogen) atoms. The number of benzene rings is 2. The van der Waals surface area contributed by atoms with Crippen molar-refractivity contribution in [3.05, 3.63) is 79.8 Å². The zero-order chi connectivity index (χ0) is 20.5. The molecule has 2 aromatic carbocycles. The van der Waals surface area contributed by atoms with Crippen LogP contribution in [0, 0.1) is 0 Å². The minimum absolute atomic E-state index is 0.286. The number of anilines is 1. The van der Waals surface area contributed by atoms with Gasteiger partial charge in [-0.1, -0.05) is 35.0 Å². The summed E-state index contributed by atoms with van der Waals surface area (Å²) in [6.45, 7) is 0. The number of hydrogen-bond donors (Lipinski definition) is 0. The van der Waals surface area contributed by atoms with Gasteiger partial charge in [-0.3, -0.25) is 9.59 Å². The Bertz CT molecular complexity index is 1130. The predicted molar refractivity (Wildman–Crippen MR) is 122 cm³/mol. The fraction of sp³-hybridized carbons (Fsp3) is 0. The number of furan rings is 1. The minimum Gasteiger partial charge on any atom is -0.449 e. The van der Waals surface area contributed by atoms with Crippen LogP contribution in [0.1, 0.15) is 5.76 Å². The summed E-state index contributed by atoms with van der Waals surface area (Å²) in [5.74, 6) is 0.0664. The topological polar surface area (TPSA) is 50.5 Å². The van der Waals surface area contributed by atoms with Crippen LogP contribution in [-0.4, -0.2) is 11.1 Å². The fourth-order valence-corrected chi connectivity index (χ4v) is 4.93. The average Bonchev–Trinajstić information content (AvgIpc) is 3.17. The number of imide groups is 1. The summed E-state index contributed by atoms with van der Waals surface area (Å²) in [7, 11) is 0. The number of carbonyl (C=O) groups is 2. The molecule has 2 amide bonds. The van der Waals surface area contributed by atoms with E-state index >= 15 is 0 Å². The maximum absolute atomic E-state index is 12.7. The van der Waals surface area contributed by atoms with Gasteiger partial charge in [-0.2, -0.15) is 0 Å². The molecule has 0 radical (unpaired) electrons. The van der Waals surface area contributed by atoms with Crippen molar-refractivity contribution in [2.24, 2.45) is 0 Å². The molecule has 1 saturated heterocycles. The van der Waals surface area contributed by atoms with Gasteiger partial charge >= 0.3 is 0 Å². The highest BCUT2D eigenvalue weighted by Crippen LogP contribution is 2.39. The van der Waals surface area contributed by atoms with Crippen LogP contribution in [0.2, 0.25) is 10.0 Å². The molecule has 4 rings (SSSR count). The molecule has 1 aliphatic heterocycles. The Morgan fingerprint density at radius 3 is 2.28 bits per heavy atom. The van der Waals surface area contributed by atoms with Gasteiger partial charge in [0.25, 0.3) is 11.1 Å². The summed E-state index contributed by atoms with van der Waals surface area (Å²) in [6.07, 6.45) is 1.57. The molecular weight excluding hydrogens is 517 g/mol. The van der Waals surface area contributed by atoms with E-state index in [0.717, 1.165) is 26.0 Å². The third kappa shape index (κ3) is 4.59. The van der Waals surface area contributed by atoms with E-state index in [4.69, 9.17) is 27.6 Å². The van der Waals surface area contributed by atoms with Crippen LogP contribution >= 0.6 is 62.7 Å². The quantitative estimate of drug-likeness (QED) is 0.325. The molecule has 0 spiro atoms. The summed E-state index contributed by atoms with van der Waals surface area (Å²) in [5, 5.41) is 1.45. The molecule has 146 valence electrons. The predicted octanol–water partition coefficient (Wildman–Crippen LogP) is 7.74. The Morgan fingerprint density at radius 1 is 1.00 bits per heavy atom. The molecular formula is C20H10BrCl2NO3S2. The van der Waals surface area contributed by atoms with Crippen LogP contribution in [0.4, 0.5) is 10.5 Å². The standard InChI is InChI=1S/C20H10BrCl2NO3S2/c21-16-9-14(27-19(16)28-15-7-3-12(23)4-8-15)10-17-18(25)24(20(26)29-17)13-5-1-11(22)2-6-13/h1-10H/b17-10+. The highest BCUT2D eigenvalue weighted by molar-refractivity contribution is 9.10. The van der Waals surface area contributed by atoms with Gasteiger partial charge in [0.15, 0.2) is 5.09 Å². The molecule has 0 unspecified atom stereocenters. The van der Waals surface area contributed by atoms with Gasteiger partial charge in [0.05, 0.1) is 15.1 Å². The largest absolute Gasteiger partial charge is 0.449 e. The van der Waals surface area contributed by atoms with Crippen molar-refractivity contribution in [2.75, 3.05) is 4.90 Å². The lowest BCUT2D eigenvalue weighted by Crippen LogP contribution is -2.27. The first-order valence-corrected chi connectivity index (χ1v) is 11.4. The SMILES string of the molecule is O=C1S/C(=C/c2cc(Br)c(Sc3ccc(Cl)cc3)o2)C(=O)N1c1ccc(Cl)cc1. The second-order valence-corrected chi connectivity index (χ2v) is 9.60. The monoisotopic (exact) mass is 525 g/mol. The molecule has 1 aromatic heterocycles. The summed E-state index contributed by atoms with van der Waals surface area (Å²) in [4.78, 5) is 27.4. The number of nitrogens with zero attached hydrogens (tertiary/aromatic N) is 1. The Hall–Kier alpha value is -1.64. The van der Waals surface area contributed by atoms with Gasteiger partial charge in [-0.15, -0.1) is 0 Å². The van der Waals surface area contributed by atoms with Gasteiger partial charge in [0, 0.05) is 21.0 Å². The molecule has 2 heterocycles. The Morgan fingerprint density at radius 2 is 1.62 bits per heavy atom. The van der Waals surface area contributed by atoms with Crippen molar-refractivity contribution < 1.29 is 14.0 Å². The number of thioether (sulfide) groups is 1. The van der Waals surface area contributed by atoms with Crippen molar-refractivity contribution >= 4 is 85.6 Å². The number of hydrogen-bond acceptors (Lipinski definition) is 5. The van der Waals surface area contributed by atoms with E-state index in [0.29, 0.717) is 26.6 Å². The van der Waals surface area contributed by atoms with Crippen molar-refractivity contribution in [3.8, 4) is 0 Å². The Balaban J connectivity index is 1.56. The Kier molecular flexibility index (Phi) is 6.13. The molecule has 1 aliphatic rings. The summed E-state index contributed by atoms with van der Waals surface area (Å²) < 4.78 is 6.60. The number of rotatable bonds is 4. The summed E-state index contributed by atoms with van der Waals surface area (Å²) in [6, 6.07) is 15.7. The van der Waals surface area contributed by atoms with E-state index in [1.165, 1.54) is 11.8 Å². The smallest absolute Gasteiger partial charge is 0.298 e. The second-order valence-electron chi connectivity index (χ2n) is 5.83. The average molecular weight is 527 g/mol. The van der Waals surface area contributed by atoms with Crippen molar-refractivity contribution in [1.29, 1.82) is 0 Å². The van der Waals surface area contributed by atoms with E-state index in [1.54, 1.807) is 48.5 Å². The summed E-state index contributed by atoms with van der Waals surface area (Å²) in [5.41, 5.74) is 0.472. The fourth-order valence-electron chi connectivity index (χ4n) is 2.53. The molecule has 3 aromatic rings. The molecule has 0 bridgehead atoms. The van der Waals surface area contributed by atoms with E-state index < -0.39 is 5.91 Å². The van der Waals surface area contributed by atoms with Crippen LogP contribution in [0.25, 0.3) is 6.08 Å². The van der Waals surface area contributed by atoms with Gasteiger partial charge in [0.2, 0.25) is 0 Å².